The van der Waals surface area contributed by atoms with Crippen LogP contribution in [0.5, 0.6) is 0 Å². The van der Waals surface area contributed by atoms with Gasteiger partial charge in [-0.25, -0.2) is 4.98 Å². The van der Waals surface area contributed by atoms with E-state index in [4.69, 9.17) is 4.98 Å². The van der Waals surface area contributed by atoms with Crippen molar-refractivity contribution in [1.82, 2.24) is 10.3 Å². The third-order valence-electron chi connectivity index (χ3n) is 5.37. The molecule has 2 unspecified atom stereocenters. The van der Waals surface area contributed by atoms with E-state index in [9.17, 15) is 4.79 Å². The second-order valence-corrected chi connectivity index (χ2v) is 8.40. The molecular formula is C22H25N3OS. The lowest BCUT2D eigenvalue weighted by Gasteiger charge is -2.28. The number of nitrogens with one attached hydrogen (secondary N) is 2. The molecule has 140 valence electrons. The molecule has 0 radical (unpaired) electrons. The highest BCUT2D eigenvalue weighted by atomic mass is 32.1. The summed E-state index contributed by atoms with van der Waals surface area (Å²) < 4.78 is 1.16. The maximum Gasteiger partial charge on any atom is 0.224 e. The number of thiazole rings is 1. The Morgan fingerprint density at radius 3 is 2.89 bits per heavy atom. The number of piperidine rings is 1. The molecule has 1 aliphatic heterocycles. The van der Waals surface area contributed by atoms with Crippen molar-refractivity contribution in [2.75, 3.05) is 18.4 Å². The van der Waals surface area contributed by atoms with Crippen molar-refractivity contribution in [1.29, 1.82) is 0 Å². The largest absolute Gasteiger partial charge is 0.325 e. The number of carbonyl (C=O) groups excluding carboxylic acids is 1. The van der Waals surface area contributed by atoms with Gasteiger partial charge in [-0.1, -0.05) is 31.2 Å². The Balaban J connectivity index is 1.50. The lowest BCUT2D eigenvalue weighted by atomic mass is 9.85. The third kappa shape index (κ3) is 4.20. The maximum atomic E-state index is 12.7. The van der Waals surface area contributed by atoms with Crippen LogP contribution in [0.2, 0.25) is 0 Å². The summed E-state index contributed by atoms with van der Waals surface area (Å²) in [6.45, 7) is 4.32. The van der Waals surface area contributed by atoms with E-state index in [0.29, 0.717) is 18.3 Å². The zero-order chi connectivity index (χ0) is 18.6. The molecule has 1 aromatic heterocycles. The normalized spacial score (nSPS) is 18.3. The molecule has 0 saturated carbocycles. The molecule has 27 heavy (non-hydrogen) atoms. The summed E-state index contributed by atoms with van der Waals surface area (Å²) in [5.41, 5.74) is 2.83. The minimum Gasteiger partial charge on any atom is -0.325 e. The molecule has 2 atom stereocenters. The molecule has 4 nitrogen and oxygen atoms in total. The van der Waals surface area contributed by atoms with Gasteiger partial charge in [-0.05, 0) is 62.0 Å². The van der Waals surface area contributed by atoms with Crippen molar-refractivity contribution in [3.05, 3.63) is 48.5 Å². The smallest absolute Gasteiger partial charge is 0.224 e. The molecule has 4 rings (SSSR count). The van der Waals surface area contributed by atoms with Crippen LogP contribution in [0.1, 0.15) is 26.2 Å². The van der Waals surface area contributed by atoms with Crippen molar-refractivity contribution in [3.8, 4) is 10.6 Å². The van der Waals surface area contributed by atoms with Gasteiger partial charge in [0, 0.05) is 12.0 Å². The molecule has 1 saturated heterocycles. The molecule has 0 aliphatic carbocycles. The van der Waals surface area contributed by atoms with Crippen LogP contribution in [-0.2, 0) is 4.79 Å². The lowest BCUT2D eigenvalue weighted by Crippen LogP contribution is -2.34. The Morgan fingerprint density at radius 2 is 2.07 bits per heavy atom. The number of para-hydroxylation sites is 2. The molecule has 2 aromatic carbocycles. The van der Waals surface area contributed by atoms with Gasteiger partial charge in [-0.3, -0.25) is 4.79 Å². The van der Waals surface area contributed by atoms with E-state index < -0.39 is 0 Å². The van der Waals surface area contributed by atoms with Crippen LogP contribution >= 0.6 is 11.3 Å². The van der Waals surface area contributed by atoms with Gasteiger partial charge < -0.3 is 10.6 Å². The number of amides is 1. The van der Waals surface area contributed by atoms with Crippen LogP contribution in [0.3, 0.4) is 0 Å². The quantitative estimate of drug-likeness (QED) is 0.661. The fraction of sp³-hybridized carbons (Fsp3) is 0.364. The highest BCUT2D eigenvalue weighted by molar-refractivity contribution is 7.21. The number of benzene rings is 2. The maximum absolute atomic E-state index is 12.7. The number of rotatable bonds is 5. The Labute approximate surface area is 164 Å². The van der Waals surface area contributed by atoms with Gasteiger partial charge in [0.1, 0.15) is 5.01 Å². The van der Waals surface area contributed by atoms with Crippen molar-refractivity contribution in [2.24, 2.45) is 11.8 Å². The molecule has 0 spiro atoms. The van der Waals surface area contributed by atoms with E-state index in [1.54, 1.807) is 11.3 Å². The lowest BCUT2D eigenvalue weighted by molar-refractivity contribution is -0.117. The van der Waals surface area contributed by atoms with E-state index in [0.717, 1.165) is 39.6 Å². The van der Waals surface area contributed by atoms with Gasteiger partial charge in [0.2, 0.25) is 5.91 Å². The monoisotopic (exact) mass is 379 g/mol. The van der Waals surface area contributed by atoms with Gasteiger partial charge in [-0.15, -0.1) is 11.3 Å². The second-order valence-electron chi connectivity index (χ2n) is 7.37. The molecule has 5 heteroatoms. The average Bonchev–Trinajstić information content (AvgIpc) is 3.13. The number of fused-ring (bicyclic) bond motifs is 1. The van der Waals surface area contributed by atoms with Crippen molar-refractivity contribution >= 4 is 33.1 Å². The van der Waals surface area contributed by atoms with E-state index in [1.807, 2.05) is 42.5 Å². The highest BCUT2D eigenvalue weighted by Crippen LogP contribution is 2.34. The first kappa shape index (κ1) is 18.1. The number of hydrogen-bond donors (Lipinski definition) is 2. The number of anilines is 1. The van der Waals surface area contributed by atoms with Crippen molar-refractivity contribution in [2.45, 2.75) is 26.2 Å². The first-order valence-electron chi connectivity index (χ1n) is 9.66. The summed E-state index contributed by atoms with van der Waals surface area (Å²) in [5, 5.41) is 7.52. The minimum absolute atomic E-state index is 0.0848. The molecule has 1 amide bonds. The van der Waals surface area contributed by atoms with Gasteiger partial charge in [0.25, 0.3) is 0 Å². The summed E-state index contributed by atoms with van der Waals surface area (Å²) in [7, 11) is 0. The van der Waals surface area contributed by atoms with Gasteiger partial charge >= 0.3 is 0 Å². The minimum atomic E-state index is 0.0848. The van der Waals surface area contributed by atoms with Gasteiger partial charge in [0.15, 0.2) is 0 Å². The summed E-state index contributed by atoms with van der Waals surface area (Å²) in [4.78, 5) is 17.4. The number of carbonyl (C=O) groups is 1. The van der Waals surface area contributed by atoms with Crippen LogP contribution in [-0.4, -0.2) is 24.0 Å². The Bertz CT molecular complexity index is 897. The average molecular weight is 380 g/mol. The summed E-state index contributed by atoms with van der Waals surface area (Å²) in [6, 6.07) is 16.1. The SMILES string of the molecule is CC(CC(=O)Nc1ccccc1-c1nc2ccccc2s1)C1CCCNC1. The second kappa shape index (κ2) is 8.19. The fourth-order valence-electron chi connectivity index (χ4n) is 3.79. The molecule has 2 N–H and O–H groups in total. The van der Waals surface area contributed by atoms with Crippen molar-refractivity contribution < 1.29 is 4.79 Å². The molecule has 1 aliphatic rings. The fourth-order valence-corrected chi connectivity index (χ4v) is 4.80. The predicted molar refractivity (Wildman–Crippen MR) is 113 cm³/mol. The standard InChI is InChI=1S/C22H25N3OS/c1-15(16-7-6-12-23-14-16)13-21(26)24-18-9-3-2-8-17(18)22-25-19-10-4-5-11-20(19)27-22/h2-5,8-11,15-16,23H,6-7,12-14H2,1H3,(H,24,26). The number of nitrogens with zero attached hydrogens (tertiary/aromatic N) is 1. The van der Waals surface area contributed by atoms with Crippen LogP contribution in [0, 0.1) is 11.8 Å². The van der Waals surface area contributed by atoms with Gasteiger partial charge in [-0.2, -0.15) is 0 Å². The van der Waals surface area contributed by atoms with E-state index >= 15 is 0 Å². The Kier molecular flexibility index (Phi) is 5.50. The van der Waals surface area contributed by atoms with E-state index in [-0.39, 0.29) is 5.91 Å². The molecular weight excluding hydrogens is 354 g/mol. The van der Waals surface area contributed by atoms with Crippen LogP contribution < -0.4 is 10.6 Å². The highest BCUT2D eigenvalue weighted by Gasteiger charge is 2.22. The van der Waals surface area contributed by atoms with Crippen LogP contribution in [0.25, 0.3) is 20.8 Å². The summed E-state index contributed by atoms with van der Waals surface area (Å²) in [5.74, 6) is 1.05. The van der Waals surface area contributed by atoms with Crippen molar-refractivity contribution in [3.63, 3.8) is 0 Å². The van der Waals surface area contributed by atoms with E-state index in [1.165, 1.54) is 12.8 Å². The summed E-state index contributed by atoms with van der Waals surface area (Å²) >= 11 is 1.66. The molecule has 3 aromatic rings. The predicted octanol–water partition coefficient (Wildman–Crippen LogP) is 4.93. The van der Waals surface area contributed by atoms with Gasteiger partial charge in [0.05, 0.1) is 15.9 Å². The molecule has 1 fully saturated rings. The number of aromatic nitrogens is 1. The zero-order valence-corrected chi connectivity index (χ0v) is 16.4. The van der Waals surface area contributed by atoms with E-state index in [2.05, 4.69) is 23.6 Å². The summed E-state index contributed by atoms with van der Waals surface area (Å²) in [6.07, 6.45) is 2.97. The topological polar surface area (TPSA) is 54.0 Å². The molecule has 2 heterocycles. The first-order valence-corrected chi connectivity index (χ1v) is 10.5. The van der Waals surface area contributed by atoms with Crippen LogP contribution in [0.4, 0.5) is 5.69 Å². The first-order chi connectivity index (χ1) is 13.2. The molecule has 0 bridgehead atoms. The number of hydrogen-bond acceptors (Lipinski definition) is 4. The zero-order valence-electron chi connectivity index (χ0n) is 15.6. The third-order valence-corrected chi connectivity index (χ3v) is 6.44. The van der Waals surface area contributed by atoms with Crippen LogP contribution in [0.15, 0.2) is 48.5 Å². The Morgan fingerprint density at radius 1 is 1.26 bits per heavy atom. The Hall–Kier alpha value is -2.24.